The Labute approximate surface area is 107 Å². The van der Waals surface area contributed by atoms with E-state index < -0.39 is 0 Å². The van der Waals surface area contributed by atoms with Crippen LogP contribution in [0.5, 0.6) is 5.75 Å². The van der Waals surface area contributed by atoms with Gasteiger partial charge in [-0.25, -0.2) is 0 Å². The average Bonchev–Trinajstić information content (AvgIpc) is 2.78. The largest absolute Gasteiger partial charge is 0.485 e. The first-order chi connectivity index (χ1) is 8.18. The van der Waals surface area contributed by atoms with Crippen LogP contribution in [0.25, 0.3) is 0 Å². The number of hydrogen-bond donors (Lipinski definition) is 2. The molecule has 0 saturated carbocycles. The van der Waals surface area contributed by atoms with Crippen LogP contribution in [0.15, 0.2) is 45.5 Å². The Morgan fingerprint density at radius 2 is 2.18 bits per heavy atom. The Morgan fingerprint density at radius 1 is 1.35 bits per heavy atom. The van der Waals surface area contributed by atoms with Gasteiger partial charge in [0.25, 0.3) is 0 Å². The van der Waals surface area contributed by atoms with Crippen molar-refractivity contribution in [2.24, 2.45) is 5.73 Å². The van der Waals surface area contributed by atoms with Crippen molar-refractivity contribution in [2.75, 3.05) is 0 Å². The van der Waals surface area contributed by atoms with Gasteiger partial charge in [-0.05, 0) is 40.2 Å². The third-order valence-electron chi connectivity index (χ3n) is 2.19. The van der Waals surface area contributed by atoms with E-state index >= 15 is 0 Å². The maximum Gasteiger partial charge on any atom is 0.146 e. The number of rotatable bonds is 4. The van der Waals surface area contributed by atoms with Crippen molar-refractivity contribution < 1.29 is 9.15 Å². The molecule has 0 aliphatic heterocycles. The molecule has 2 rings (SSSR count). The molecule has 3 N–H and O–H groups in total. The van der Waals surface area contributed by atoms with Gasteiger partial charge in [0.2, 0.25) is 0 Å². The van der Waals surface area contributed by atoms with Gasteiger partial charge < -0.3 is 14.9 Å². The minimum Gasteiger partial charge on any atom is -0.485 e. The number of nitrogen functional groups attached to an aromatic ring is 1. The third kappa shape index (κ3) is 2.68. The van der Waals surface area contributed by atoms with Gasteiger partial charge in [-0.1, -0.05) is 6.07 Å². The maximum atomic E-state index is 7.51. The number of hydrogen-bond acceptors (Lipinski definition) is 3. The molecule has 0 radical (unpaired) electrons. The Morgan fingerprint density at radius 3 is 2.82 bits per heavy atom. The molecule has 1 aromatic carbocycles. The second-order valence-electron chi connectivity index (χ2n) is 3.39. The van der Waals surface area contributed by atoms with Crippen LogP contribution >= 0.6 is 15.9 Å². The Kier molecular flexibility index (Phi) is 3.49. The van der Waals surface area contributed by atoms with Crippen molar-refractivity contribution in [2.45, 2.75) is 6.61 Å². The highest BCUT2D eigenvalue weighted by molar-refractivity contribution is 9.10. The van der Waals surface area contributed by atoms with E-state index in [9.17, 15) is 0 Å². The quantitative estimate of drug-likeness (QED) is 0.673. The molecule has 2 aromatic rings. The van der Waals surface area contributed by atoms with E-state index in [0.717, 1.165) is 10.2 Å². The average molecular weight is 295 g/mol. The van der Waals surface area contributed by atoms with Crippen LogP contribution in [-0.2, 0) is 6.61 Å². The first kappa shape index (κ1) is 11.7. The summed E-state index contributed by atoms with van der Waals surface area (Å²) in [5.41, 5.74) is 6.07. The summed E-state index contributed by atoms with van der Waals surface area (Å²) in [6.07, 6.45) is 1.59. The van der Waals surface area contributed by atoms with Gasteiger partial charge in [0.1, 0.15) is 24.0 Å². The van der Waals surface area contributed by atoms with Gasteiger partial charge in [0.15, 0.2) is 0 Å². The molecule has 0 unspecified atom stereocenters. The molecule has 0 spiro atoms. The van der Waals surface area contributed by atoms with Crippen LogP contribution in [-0.4, -0.2) is 5.84 Å². The number of ether oxygens (including phenoxy) is 1. The van der Waals surface area contributed by atoms with E-state index in [0.29, 0.717) is 17.9 Å². The smallest absolute Gasteiger partial charge is 0.146 e. The fraction of sp³-hybridized carbons (Fsp3) is 0.0833. The lowest BCUT2D eigenvalue weighted by Gasteiger charge is -2.10. The maximum absolute atomic E-state index is 7.51. The topological polar surface area (TPSA) is 72.2 Å². The summed E-state index contributed by atoms with van der Waals surface area (Å²) in [5.74, 6) is 1.25. The third-order valence-corrected chi connectivity index (χ3v) is 2.86. The number of nitrogens with one attached hydrogen (secondary N) is 1. The summed E-state index contributed by atoms with van der Waals surface area (Å²) in [4.78, 5) is 0. The number of benzene rings is 1. The lowest BCUT2D eigenvalue weighted by Crippen LogP contribution is -2.13. The minimum atomic E-state index is -0.0353. The Balaban J connectivity index is 2.21. The van der Waals surface area contributed by atoms with Crippen molar-refractivity contribution in [1.82, 2.24) is 0 Å². The van der Waals surface area contributed by atoms with Gasteiger partial charge in [0.05, 0.1) is 11.8 Å². The summed E-state index contributed by atoms with van der Waals surface area (Å²) in [6.45, 7) is 0.309. The zero-order valence-corrected chi connectivity index (χ0v) is 10.5. The van der Waals surface area contributed by atoms with Crippen LogP contribution < -0.4 is 10.5 Å². The fourth-order valence-corrected chi connectivity index (χ4v) is 1.99. The second kappa shape index (κ2) is 5.05. The zero-order valence-electron chi connectivity index (χ0n) is 8.94. The zero-order chi connectivity index (χ0) is 12.3. The highest BCUT2D eigenvalue weighted by atomic mass is 79.9. The molecule has 1 aromatic heterocycles. The van der Waals surface area contributed by atoms with Gasteiger partial charge >= 0.3 is 0 Å². The molecule has 4 nitrogen and oxygen atoms in total. The molecule has 17 heavy (non-hydrogen) atoms. The number of halogens is 1. The van der Waals surface area contributed by atoms with Crippen LogP contribution in [0.1, 0.15) is 11.3 Å². The summed E-state index contributed by atoms with van der Waals surface area (Å²) in [5, 5.41) is 7.51. The van der Waals surface area contributed by atoms with Crippen molar-refractivity contribution in [3.8, 4) is 5.75 Å². The van der Waals surface area contributed by atoms with Gasteiger partial charge in [0, 0.05) is 4.47 Å². The van der Waals surface area contributed by atoms with E-state index in [-0.39, 0.29) is 5.84 Å². The van der Waals surface area contributed by atoms with Crippen LogP contribution in [0.4, 0.5) is 0 Å². The second-order valence-corrected chi connectivity index (χ2v) is 4.25. The minimum absolute atomic E-state index is 0.0353. The Hall–Kier alpha value is -1.75. The molecule has 0 atom stereocenters. The number of furan rings is 1. The number of nitrogens with two attached hydrogens (primary N) is 1. The molecule has 1 heterocycles. The summed E-state index contributed by atoms with van der Waals surface area (Å²) in [6, 6.07) is 9.03. The molecule has 0 amide bonds. The Bertz CT molecular complexity index is 523. The van der Waals surface area contributed by atoms with E-state index in [1.807, 2.05) is 18.2 Å². The SMILES string of the molecule is N=C(N)c1c(Br)cccc1OCc1ccco1. The van der Waals surface area contributed by atoms with Crippen LogP contribution in [0.2, 0.25) is 0 Å². The molecular formula is C12H11BrN2O2. The van der Waals surface area contributed by atoms with Gasteiger partial charge in [-0.2, -0.15) is 0 Å². The molecule has 0 fully saturated rings. The summed E-state index contributed by atoms with van der Waals surface area (Å²) >= 11 is 3.34. The monoisotopic (exact) mass is 294 g/mol. The van der Waals surface area contributed by atoms with Crippen molar-refractivity contribution >= 4 is 21.8 Å². The lowest BCUT2D eigenvalue weighted by atomic mass is 10.2. The summed E-state index contributed by atoms with van der Waals surface area (Å²) in [7, 11) is 0. The first-order valence-electron chi connectivity index (χ1n) is 4.96. The first-order valence-corrected chi connectivity index (χ1v) is 5.76. The van der Waals surface area contributed by atoms with Gasteiger partial charge in [-0.15, -0.1) is 0 Å². The molecule has 0 saturated heterocycles. The highest BCUT2D eigenvalue weighted by Gasteiger charge is 2.11. The van der Waals surface area contributed by atoms with Crippen molar-refractivity contribution in [1.29, 1.82) is 5.41 Å². The molecule has 0 bridgehead atoms. The normalized spacial score (nSPS) is 10.2. The predicted octanol–water partition coefficient (Wildman–Crippen LogP) is 2.91. The van der Waals surface area contributed by atoms with Crippen LogP contribution in [0, 0.1) is 5.41 Å². The molecule has 0 aliphatic rings. The van der Waals surface area contributed by atoms with E-state index in [1.54, 1.807) is 18.4 Å². The van der Waals surface area contributed by atoms with Gasteiger partial charge in [-0.3, -0.25) is 5.41 Å². The van der Waals surface area contributed by atoms with E-state index in [4.69, 9.17) is 20.3 Å². The lowest BCUT2D eigenvalue weighted by molar-refractivity contribution is 0.269. The van der Waals surface area contributed by atoms with Crippen molar-refractivity contribution in [3.63, 3.8) is 0 Å². The molecule has 88 valence electrons. The highest BCUT2D eigenvalue weighted by Crippen LogP contribution is 2.26. The van der Waals surface area contributed by atoms with Crippen LogP contribution in [0.3, 0.4) is 0 Å². The standard InChI is InChI=1S/C12H11BrN2O2/c13-9-4-1-5-10(11(9)12(14)15)17-7-8-3-2-6-16-8/h1-6H,7H2,(H3,14,15). The van der Waals surface area contributed by atoms with E-state index in [1.165, 1.54) is 0 Å². The number of amidine groups is 1. The molecule has 5 heteroatoms. The van der Waals surface area contributed by atoms with Crippen molar-refractivity contribution in [3.05, 3.63) is 52.4 Å². The molecular weight excluding hydrogens is 284 g/mol. The predicted molar refractivity (Wildman–Crippen MR) is 68.2 cm³/mol. The van der Waals surface area contributed by atoms with E-state index in [2.05, 4.69) is 15.9 Å². The molecule has 0 aliphatic carbocycles. The summed E-state index contributed by atoms with van der Waals surface area (Å²) < 4.78 is 11.5. The fourth-order valence-electron chi connectivity index (χ4n) is 1.43.